The second-order valence-corrected chi connectivity index (χ2v) is 9.95. The van der Waals surface area contributed by atoms with Gasteiger partial charge in [0.2, 0.25) is 0 Å². The maximum absolute atomic E-state index is 5.88. The topological polar surface area (TPSA) is 40.2 Å². The summed E-state index contributed by atoms with van der Waals surface area (Å²) in [5.41, 5.74) is 0. The first-order valence-electron chi connectivity index (χ1n) is 9.67. The zero-order valence-electron chi connectivity index (χ0n) is 15.6. The van der Waals surface area contributed by atoms with Gasteiger partial charge in [0.1, 0.15) is 6.10 Å². The number of unbranched alkanes of at least 4 members (excludes halogenated alkanes) is 7. The molecule has 1 atom stereocenters. The van der Waals surface area contributed by atoms with Crippen LogP contribution in [-0.4, -0.2) is 47.7 Å². The Labute approximate surface area is 144 Å². The Hall–Kier alpha value is 0.0569. The molecule has 1 heterocycles. The smallest absolute Gasteiger partial charge is 0.334 e. The Morgan fingerprint density at radius 2 is 1.39 bits per heavy atom. The second-order valence-electron chi connectivity index (χ2n) is 6.61. The zero-order valence-corrected chi connectivity index (χ0v) is 16.6. The van der Waals surface area contributed by atoms with E-state index in [-0.39, 0.29) is 0 Å². The number of ether oxygens (including phenoxy) is 2. The number of epoxide rings is 1. The molecule has 0 radical (unpaired) electrons. The van der Waals surface area contributed by atoms with Crippen LogP contribution in [0.25, 0.3) is 0 Å². The van der Waals surface area contributed by atoms with Crippen molar-refractivity contribution in [2.75, 3.05) is 33.0 Å². The average molecular weight is 347 g/mol. The Kier molecular flexibility index (Phi) is 12.3. The van der Waals surface area contributed by atoms with E-state index in [4.69, 9.17) is 18.3 Å². The standard InChI is InChI=1S/C18H38O4Si/c1-4-21-23(3,22-5-2)15-13-11-9-7-6-8-10-12-14-19-16-18-17-20-18/h18H,4-17H2,1-3H3. The maximum Gasteiger partial charge on any atom is 0.334 e. The molecule has 1 rings (SSSR count). The highest BCUT2D eigenvalue weighted by Gasteiger charge is 2.29. The molecule has 138 valence electrons. The first-order chi connectivity index (χ1) is 11.2. The molecule has 0 spiro atoms. The van der Waals surface area contributed by atoms with Gasteiger partial charge in [-0.2, -0.15) is 0 Å². The van der Waals surface area contributed by atoms with Crippen molar-refractivity contribution < 1.29 is 18.3 Å². The molecule has 0 aliphatic carbocycles. The van der Waals surface area contributed by atoms with Crippen molar-refractivity contribution >= 4 is 8.56 Å². The van der Waals surface area contributed by atoms with Crippen LogP contribution in [0.5, 0.6) is 0 Å². The van der Waals surface area contributed by atoms with E-state index >= 15 is 0 Å². The number of hydrogen-bond acceptors (Lipinski definition) is 4. The van der Waals surface area contributed by atoms with Crippen molar-refractivity contribution in [3.05, 3.63) is 0 Å². The lowest BCUT2D eigenvalue weighted by atomic mass is 10.1. The third-order valence-corrected chi connectivity index (χ3v) is 7.34. The molecule has 0 saturated carbocycles. The third-order valence-electron chi connectivity index (χ3n) is 4.28. The highest BCUT2D eigenvalue weighted by Crippen LogP contribution is 2.19. The molecule has 0 aromatic heterocycles. The average Bonchev–Trinajstić information content (AvgIpc) is 3.33. The van der Waals surface area contributed by atoms with Crippen LogP contribution in [0.15, 0.2) is 0 Å². The van der Waals surface area contributed by atoms with Crippen LogP contribution >= 0.6 is 0 Å². The maximum atomic E-state index is 5.88. The minimum absolute atomic E-state index is 0.408. The molecule has 23 heavy (non-hydrogen) atoms. The van der Waals surface area contributed by atoms with Gasteiger partial charge in [-0.1, -0.05) is 44.9 Å². The predicted octanol–water partition coefficient (Wildman–Crippen LogP) is 4.67. The minimum Gasteiger partial charge on any atom is -0.395 e. The van der Waals surface area contributed by atoms with Gasteiger partial charge in [0, 0.05) is 19.8 Å². The fourth-order valence-corrected chi connectivity index (χ4v) is 5.37. The molecular formula is C18H38O4Si. The summed E-state index contributed by atoms with van der Waals surface area (Å²) in [6.07, 6.45) is 10.9. The molecule has 1 aliphatic rings. The molecule has 1 saturated heterocycles. The molecule has 0 amide bonds. The molecule has 5 heteroatoms. The minimum atomic E-state index is -1.87. The Bertz CT molecular complexity index is 266. The summed E-state index contributed by atoms with van der Waals surface area (Å²) >= 11 is 0. The summed E-state index contributed by atoms with van der Waals surface area (Å²) in [4.78, 5) is 0. The zero-order chi connectivity index (χ0) is 16.8. The van der Waals surface area contributed by atoms with E-state index in [2.05, 4.69) is 20.4 Å². The van der Waals surface area contributed by atoms with E-state index in [0.29, 0.717) is 6.10 Å². The van der Waals surface area contributed by atoms with E-state index in [1.807, 2.05) is 0 Å². The third kappa shape index (κ3) is 12.1. The lowest BCUT2D eigenvalue weighted by molar-refractivity contribution is 0.113. The van der Waals surface area contributed by atoms with E-state index < -0.39 is 8.56 Å². The summed E-state index contributed by atoms with van der Waals surface area (Å²) in [6.45, 7) is 10.5. The number of hydrogen-bond donors (Lipinski definition) is 0. The monoisotopic (exact) mass is 346 g/mol. The molecule has 0 aromatic rings. The van der Waals surface area contributed by atoms with Crippen molar-refractivity contribution in [3.8, 4) is 0 Å². The Morgan fingerprint density at radius 3 is 1.91 bits per heavy atom. The van der Waals surface area contributed by atoms with Crippen LogP contribution in [0.1, 0.15) is 65.2 Å². The van der Waals surface area contributed by atoms with Gasteiger partial charge in [0.15, 0.2) is 0 Å². The van der Waals surface area contributed by atoms with Gasteiger partial charge in [-0.05, 0) is 32.9 Å². The van der Waals surface area contributed by atoms with Crippen LogP contribution in [0.3, 0.4) is 0 Å². The summed E-state index contributed by atoms with van der Waals surface area (Å²) in [6, 6.07) is 1.14. The molecule has 1 aliphatic heterocycles. The molecule has 1 fully saturated rings. The van der Waals surface area contributed by atoms with Gasteiger partial charge >= 0.3 is 8.56 Å². The molecule has 4 nitrogen and oxygen atoms in total. The fourth-order valence-electron chi connectivity index (χ4n) is 2.89. The van der Waals surface area contributed by atoms with Gasteiger partial charge in [0.25, 0.3) is 0 Å². The first-order valence-corrected chi connectivity index (χ1v) is 12.2. The highest BCUT2D eigenvalue weighted by molar-refractivity contribution is 6.66. The van der Waals surface area contributed by atoms with Crippen molar-refractivity contribution in [2.24, 2.45) is 0 Å². The molecule has 0 N–H and O–H groups in total. The van der Waals surface area contributed by atoms with Crippen LogP contribution in [0.2, 0.25) is 12.6 Å². The second kappa shape index (κ2) is 13.4. The molecule has 0 bridgehead atoms. The summed E-state index contributed by atoms with van der Waals surface area (Å²) in [5.74, 6) is 0. The van der Waals surface area contributed by atoms with Crippen molar-refractivity contribution in [2.45, 2.75) is 83.9 Å². The summed E-state index contributed by atoms with van der Waals surface area (Å²) in [5, 5.41) is 0. The highest BCUT2D eigenvalue weighted by atomic mass is 28.4. The van der Waals surface area contributed by atoms with Crippen LogP contribution in [0, 0.1) is 0 Å². The van der Waals surface area contributed by atoms with Gasteiger partial charge in [-0.25, -0.2) is 0 Å². The normalized spacial score (nSPS) is 17.6. The SMILES string of the molecule is CCO[Si](C)(CCCCCCCCCCOCC1CO1)OCC. The summed E-state index contributed by atoms with van der Waals surface area (Å²) in [7, 11) is -1.87. The van der Waals surface area contributed by atoms with Crippen LogP contribution in [0.4, 0.5) is 0 Å². The van der Waals surface area contributed by atoms with E-state index in [1.165, 1.54) is 51.4 Å². The van der Waals surface area contributed by atoms with Crippen molar-refractivity contribution in [1.29, 1.82) is 0 Å². The summed E-state index contributed by atoms with van der Waals surface area (Å²) < 4.78 is 22.4. The van der Waals surface area contributed by atoms with Crippen molar-refractivity contribution in [1.82, 2.24) is 0 Å². The lowest BCUT2D eigenvalue weighted by Crippen LogP contribution is -2.38. The quantitative estimate of drug-likeness (QED) is 0.218. The number of rotatable bonds is 17. The van der Waals surface area contributed by atoms with E-state index in [9.17, 15) is 0 Å². The van der Waals surface area contributed by atoms with E-state index in [1.54, 1.807) is 0 Å². The predicted molar refractivity (Wildman–Crippen MR) is 97.2 cm³/mol. The first kappa shape index (κ1) is 21.1. The molecule has 0 aromatic carbocycles. The Balaban J connectivity index is 1.81. The molecular weight excluding hydrogens is 308 g/mol. The van der Waals surface area contributed by atoms with Gasteiger partial charge in [-0.15, -0.1) is 0 Å². The van der Waals surface area contributed by atoms with Gasteiger partial charge in [0.05, 0.1) is 13.2 Å². The van der Waals surface area contributed by atoms with Crippen LogP contribution in [-0.2, 0) is 18.3 Å². The van der Waals surface area contributed by atoms with Crippen molar-refractivity contribution in [3.63, 3.8) is 0 Å². The largest absolute Gasteiger partial charge is 0.395 e. The molecule has 1 unspecified atom stereocenters. The Morgan fingerprint density at radius 1 is 0.870 bits per heavy atom. The van der Waals surface area contributed by atoms with E-state index in [0.717, 1.165) is 39.1 Å². The van der Waals surface area contributed by atoms with Gasteiger partial charge in [-0.3, -0.25) is 0 Å². The van der Waals surface area contributed by atoms with Gasteiger partial charge < -0.3 is 18.3 Å². The van der Waals surface area contributed by atoms with Crippen LogP contribution < -0.4 is 0 Å². The lowest BCUT2D eigenvalue weighted by Gasteiger charge is -2.25. The fraction of sp³-hybridized carbons (Fsp3) is 1.00.